The van der Waals surface area contributed by atoms with Crippen molar-refractivity contribution < 1.29 is 9.53 Å². The van der Waals surface area contributed by atoms with Gasteiger partial charge in [0.05, 0.1) is 6.61 Å². The maximum absolute atomic E-state index is 12.1. The fourth-order valence-electron chi connectivity index (χ4n) is 2.21. The number of nitrogens with zero attached hydrogens (tertiary/aromatic N) is 2. The van der Waals surface area contributed by atoms with E-state index in [0.29, 0.717) is 23.1 Å². The summed E-state index contributed by atoms with van der Waals surface area (Å²) in [5.74, 6) is 0.0732. The van der Waals surface area contributed by atoms with Crippen LogP contribution >= 0.6 is 12.2 Å². The summed E-state index contributed by atoms with van der Waals surface area (Å²) in [5, 5.41) is 11.1. The second-order valence-electron chi connectivity index (χ2n) is 5.67. The van der Waals surface area contributed by atoms with Crippen molar-refractivity contribution in [1.82, 2.24) is 15.1 Å². The van der Waals surface area contributed by atoms with Gasteiger partial charge < -0.3 is 15.4 Å². The molecule has 0 aliphatic heterocycles. The second kappa shape index (κ2) is 11.8. The number of esters is 1. The number of thiocarbonyl (C=S) groups is 1. The largest absolute Gasteiger partial charge is 0.462 e. The molecular formula is C17H30N4O2S. The van der Waals surface area contributed by atoms with Gasteiger partial charge in [0.1, 0.15) is 5.56 Å². The highest BCUT2D eigenvalue weighted by Crippen LogP contribution is 2.15. The van der Waals surface area contributed by atoms with E-state index in [1.54, 1.807) is 17.8 Å². The Bertz CT molecular complexity index is 517. The Balaban J connectivity index is 2.64. The normalized spacial score (nSPS) is 10.5. The number of carbonyl (C=O) groups is 1. The molecule has 0 saturated carbocycles. The number of unbranched alkanes of at least 4 members (excludes halogenated alkanes) is 4. The van der Waals surface area contributed by atoms with Crippen LogP contribution in [0.3, 0.4) is 0 Å². The van der Waals surface area contributed by atoms with Crippen LogP contribution < -0.4 is 10.6 Å². The summed E-state index contributed by atoms with van der Waals surface area (Å²) in [6.45, 7) is 8.00. The molecule has 1 rings (SSSR count). The molecule has 7 heteroatoms. The van der Waals surface area contributed by atoms with Crippen LogP contribution in [0.15, 0.2) is 6.20 Å². The zero-order valence-corrected chi connectivity index (χ0v) is 15.9. The standard InChI is InChI=1S/C17H30N4O2S/c1-4-7-9-10-11-18-17(24)19-15-14(16(22)23-6-3)13-21(20-15)12-8-5-2/h13H,4-12H2,1-3H3,(H2,18,19,20,24). The lowest BCUT2D eigenvalue weighted by Crippen LogP contribution is -2.30. The predicted molar refractivity (Wildman–Crippen MR) is 101 cm³/mol. The molecule has 0 unspecified atom stereocenters. The third-order valence-corrected chi connectivity index (χ3v) is 3.79. The lowest BCUT2D eigenvalue weighted by Gasteiger charge is -2.09. The van der Waals surface area contributed by atoms with E-state index in [1.165, 1.54) is 19.3 Å². The molecule has 0 atom stereocenters. The molecule has 0 amide bonds. The van der Waals surface area contributed by atoms with Crippen molar-refractivity contribution in [3.8, 4) is 0 Å². The van der Waals surface area contributed by atoms with E-state index in [1.807, 2.05) is 0 Å². The Morgan fingerprint density at radius 2 is 1.96 bits per heavy atom. The summed E-state index contributed by atoms with van der Waals surface area (Å²) in [7, 11) is 0. The zero-order chi connectivity index (χ0) is 17.8. The van der Waals surface area contributed by atoms with Crippen LogP contribution in [-0.2, 0) is 11.3 Å². The van der Waals surface area contributed by atoms with E-state index in [2.05, 4.69) is 29.6 Å². The number of anilines is 1. The van der Waals surface area contributed by atoms with Crippen molar-refractivity contribution in [2.45, 2.75) is 65.8 Å². The van der Waals surface area contributed by atoms with Gasteiger partial charge in [-0.05, 0) is 32.0 Å². The van der Waals surface area contributed by atoms with Gasteiger partial charge in [0.15, 0.2) is 10.9 Å². The van der Waals surface area contributed by atoms with Crippen LogP contribution in [0.4, 0.5) is 5.82 Å². The van der Waals surface area contributed by atoms with Crippen LogP contribution in [0.1, 0.15) is 69.7 Å². The van der Waals surface area contributed by atoms with Crippen molar-refractivity contribution in [1.29, 1.82) is 0 Å². The van der Waals surface area contributed by atoms with Gasteiger partial charge in [0.25, 0.3) is 0 Å². The summed E-state index contributed by atoms with van der Waals surface area (Å²) in [4.78, 5) is 12.1. The minimum atomic E-state index is -0.381. The maximum Gasteiger partial charge on any atom is 0.343 e. The number of aryl methyl sites for hydroxylation is 1. The average Bonchev–Trinajstić information content (AvgIpc) is 2.95. The number of carbonyl (C=O) groups excluding carboxylic acids is 1. The maximum atomic E-state index is 12.1. The van der Waals surface area contributed by atoms with Gasteiger partial charge in [-0.25, -0.2) is 4.79 Å². The van der Waals surface area contributed by atoms with E-state index in [-0.39, 0.29) is 5.97 Å². The zero-order valence-electron chi connectivity index (χ0n) is 15.1. The van der Waals surface area contributed by atoms with Crippen molar-refractivity contribution in [2.24, 2.45) is 0 Å². The molecule has 0 aliphatic rings. The Morgan fingerprint density at radius 1 is 1.21 bits per heavy atom. The minimum absolute atomic E-state index is 0.332. The van der Waals surface area contributed by atoms with E-state index in [0.717, 1.165) is 32.4 Å². The highest BCUT2D eigenvalue weighted by atomic mass is 32.1. The lowest BCUT2D eigenvalue weighted by atomic mass is 10.2. The van der Waals surface area contributed by atoms with Crippen LogP contribution in [0.5, 0.6) is 0 Å². The first kappa shape index (κ1) is 20.4. The van der Waals surface area contributed by atoms with Crippen LogP contribution in [-0.4, -0.2) is 34.0 Å². The molecule has 0 radical (unpaired) electrons. The molecule has 1 aromatic rings. The molecular weight excluding hydrogens is 324 g/mol. The van der Waals surface area contributed by atoms with Crippen molar-refractivity contribution in [3.63, 3.8) is 0 Å². The molecule has 0 bridgehead atoms. The van der Waals surface area contributed by atoms with E-state index >= 15 is 0 Å². The Morgan fingerprint density at radius 3 is 2.62 bits per heavy atom. The monoisotopic (exact) mass is 354 g/mol. The van der Waals surface area contributed by atoms with Gasteiger partial charge in [-0.1, -0.05) is 39.5 Å². The van der Waals surface area contributed by atoms with E-state index in [9.17, 15) is 4.79 Å². The third-order valence-electron chi connectivity index (χ3n) is 3.55. The molecule has 2 N–H and O–H groups in total. The average molecular weight is 355 g/mol. The Kier molecular flexibility index (Phi) is 10.1. The van der Waals surface area contributed by atoms with Crippen molar-refractivity contribution >= 4 is 29.1 Å². The van der Waals surface area contributed by atoms with Crippen molar-refractivity contribution in [3.05, 3.63) is 11.8 Å². The highest BCUT2D eigenvalue weighted by Gasteiger charge is 2.18. The van der Waals surface area contributed by atoms with Gasteiger partial charge in [-0.3, -0.25) is 4.68 Å². The van der Waals surface area contributed by atoms with Gasteiger partial charge in [0, 0.05) is 19.3 Å². The quantitative estimate of drug-likeness (QED) is 0.358. The van der Waals surface area contributed by atoms with Gasteiger partial charge in [-0.15, -0.1) is 0 Å². The number of hydrogen-bond donors (Lipinski definition) is 2. The number of aromatic nitrogens is 2. The molecule has 0 saturated heterocycles. The predicted octanol–water partition coefficient (Wildman–Crippen LogP) is 3.73. The lowest BCUT2D eigenvalue weighted by molar-refractivity contribution is 0.0527. The summed E-state index contributed by atoms with van der Waals surface area (Å²) in [6, 6.07) is 0. The molecule has 1 aromatic heterocycles. The Labute approximate surface area is 150 Å². The van der Waals surface area contributed by atoms with Gasteiger partial charge in [0.2, 0.25) is 0 Å². The molecule has 0 fully saturated rings. The van der Waals surface area contributed by atoms with E-state index in [4.69, 9.17) is 17.0 Å². The fourth-order valence-corrected chi connectivity index (χ4v) is 2.41. The molecule has 24 heavy (non-hydrogen) atoms. The highest BCUT2D eigenvalue weighted by molar-refractivity contribution is 7.80. The van der Waals surface area contributed by atoms with Crippen LogP contribution in [0.25, 0.3) is 0 Å². The number of rotatable bonds is 11. The first-order chi connectivity index (χ1) is 11.6. The number of hydrogen-bond acceptors (Lipinski definition) is 4. The Hall–Kier alpha value is -1.63. The van der Waals surface area contributed by atoms with Gasteiger partial charge >= 0.3 is 5.97 Å². The minimum Gasteiger partial charge on any atom is -0.462 e. The molecule has 0 aromatic carbocycles. The fraction of sp³-hybridized carbons (Fsp3) is 0.706. The summed E-state index contributed by atoms with van der Waals surface area (Å²) < 4.78 is 6.86. The SMILES string of the molecule is CCCCCCNC(=S)Nc1nn(CCCC)cc1C(=O)OCC. The summed E-state index contributed by atoms with van der Waals surface area (Å²) in [5.41, 5.74) is 0.420. The topological polar surface area (TPSA) is 68.2 Å². The number of ether oxygens (including phenoxy) is 1. The molecule has 6 nitrogen and oxygen atoms in total. The van der Waals surface area contributed by atoms with Crippen LogP contribution in [0, 0.1) is 0 Å². The number of nitrogens with one attached hydrogen (secondary N) is 2. The van der Waals surface area contributed by atoms with Gasteiger partial charge in [-0.2, -0.15) is 5.10 Å². The van der Waals surface area contributed by atoms with E-state index < -0.39 is 0 Å². The molecule has 0 aliphatic carbocycles. The third kappa shape index (κ3) is 7.29. The molecule has 1 heterocycles. The first-order valence-corrected chi connectivity index (χ1v) is 9.32. The molecule has 0 spiro atoms. The van der Waals surface area contributed by atoms with Crippen molar-refractivity contribution in [2.75, 3.05) is 18.5 Å². The summed E-state index contributed by atoms with van der Waals surface area (Å²) >= 11 is 5.30. The second-order valence-corrected chi connectivity index (χ2v) is 6.08. The summed E-state index contributed by atoms with van der Waals surface area (Å²) in [6.07, 6.45) is 8.49. The first-order valence-electron chi connectivity index (χ1n) is 8.91. The van der Waals surface area contributed by atoms with Crippen LogP contribution in [0.2, 0.25) is 0 Å². The smallest absolute Gasteiger partial charge is 0.343 e. The molecule has 136 valence electrons.